The Balaban J connectivity index is 0.00000305. The number of hydrogen-bond acceptors (Lipinski definition) is 6. The second-order valence-corrected chi connectivity index (χ2v) is 20.6. The van der Waals surface area contributed by atoms with E-state index >= 15 is 4.39 Å². The number of Topliss-reactive ketones (excluding diaryl/α,β-unsaturated/α-hetero) is 1. The Morgan fingerprint density at radius 1 is 0.982 bits per heavy atom. The third kappa shape index (κ3) is 8.81. The number of allylic oxidation sites excluding steroid dienone is 2. The number of carboxylic acids is 1. The van der Waals surface area contributed by atoms with E-state index in [4.69, 9.17) is 16.3 Å². The molecule has 57 heavy (non-hydrogen) atoms. The third-order valence-corrected chi connectivity index (χ3v) is 16.2. The van der Waals surface area contributed by atoms with E-state index in [1.54, 1.807) is 19.9 Å². The fourth-order valence-corrected chi connectivity index (χ4v) is 13.2. The van der Waals surface area contributed by atoms with Crippen molar-refractivity contribution in [1.82, 2.24) is 9.80 Å². The predicted molar refractivity (Wildman–Crippen MR) is 227 cm³/mol. The van der Waals surface area contributed by atoms with Gasteiger partial charge in [0, 0.05) is 37.0 Å². The number of likely N-dealkylation sites (N-methyl/N-ethyl adjacent to an activating group) is 1. The lowest BCUT2D eigenvalue weighted by Gasteiger charge is -2.67. The standard InChI is InChI=1S/C46H68ClFN2O5.C2H6/c1-28(2)39-35(51)25-46(21-22-50(24-23-49(8)9)27-30-11-10-12-34(47)41(30)48)20-16-33-31(40(39)46)13-14-37-44(6)19-17-36(29(3)32(44)15-18-45(33,37)7)55-38(52)26-43(4,5)42(53)54;1-2/h10-12,28-29,31-33,36-37H,13-27H2,1-9H3,(H,53,54);1-2H3. The number of ketones is 1. The van der Waals surface area contributed by atoms with Crippen LogP contribution in [0.5, 0.6) is 0 Å². The number of rotatable bonds is 13. The summed E-state index contributed by atoms with van der Waals surface area (Å²) in [4.78, 5) is 43.4. The van der Waals surface area contributed by atoms with Crippen LogP contribution in [0.4, 0.5) is 4.39 Å². The number of carboxylic acid groups (broad SMARTS) is 1. The summed E-state index contributed by atoms with van der Waals surface area (Å²) in [5.74, 6) is 0.970. The van der Waals surface area contributed by atoms with Gasteiger partial charge in [0.25, 0.3) is 0 Å². The molecule has 9 heteroatoms. The van der Waals surface area contributed by atoms with Crippen LogP contribution in [0.15, 0.2) is 29.3 Å². The highest BCUT2D eigenvalue weighted by molar-refractivity contribution is 6.30. The molecule has 0 aliphatic heterocycles. The molecule has 5 aliphatic rings. The fraction of sp³-hybridized carbons (Fsp3) is 0.771. The maximum absolute atomic E-state index is 15.2. The van der Waals surface area contributed by atoms with E-state index < -0.39 is 17.4 Å². The molecule has 0 saturated heterocycles. The van der Waals surface area contributed by atoms with Gasteiger partial charge < -0.3 is 14.7 Å². The van der Waals surface area contributed by atoms with Crippen molar-refractivity contribution < 1.29 is 28.6 Å². The van der Waals surface area contributed by atoms with Crippen LogP contribution in [-0.4, -0.2) is 72.5 Å². The fourth-order valence-electron chi connectivity index (χ4n) is 13.0. The van der Waals surface area contributed by atoms with Gasteiger partial charge in [0.15, 0.2) is 5.78 Å². The van der Waals surface area contributed by atoms with Gasteiger partial charge in [0.1, 0.15) is 11.9 Å². The third-order valence-electron chi connectivity index (χ3n) is 15.9. The molecule has 7 nitrogen and oxygen atoms in total. The minimum atomic E-state index is -1.15. The van der Waals surface area contributed by atoms with Gasteiger partial charge in [0.05, 0.1) is 16.9 Å². The highest BCUT2D eigenvalue weighted by Gasteiger charge is 2.65. The Kier molecular flexibility index (Phi) is 14.3. The molecule has 5 aliphatic carbocycles. The van der Waals surface area contributed by atoms with E-state index in [0.717, 1.165) is 83.0 Å². The van der Waals surface area contributed by atoms with Crippen molar-refractivity contribution in [2.24, 2.45) is 57.2 Å². The number of esters is 1. The van der Waals surface area contributed by atoms with Crippen molar-refractivity contribution in [2.45, 2.75) is 146 Å². The average molecular weight is 814 g/mol. The second-order valence-electron chi connectivity index (χ2n) is 20.2. The highest BCUT2D eigenvalue weighted by atomic mass is 35.5. The Bertz CT molecular complexity index is 1680. The lowest BCUT2D eigenvalue weighted by molar-refractivity contribution is -0.192. The quantitative estimate of drug-likeness (QED) is 0.199. The van der Waals surface area contributed by atoms with Gasteiger partial charge in [0.2, 0.25) is 0 Å². The molecule has 9 atom stereocenters. The molecule has 0 heterocycles. The number of ether oxygens (including phenoxy) is 1. The van der Waals surface area contributed by atoms with Crippen molar-refractivity contribution in [3.63, 3.8) is 0 Å². The van der Waals surface area contributed by atoms with Crippen molar-refractivity contribution >= 4 is 29.3 Å². The van der Waals surface area contributed by atoms with Crippen LogP contribution >= 0.6 is 11.6 Å². The van der Waals surface area contributed by atoms with Crippen LogP contribution in [0.3, 0.4) is 0 Å². The van der Waals surface area contributed by atoms with E-state index in [1.807, 2.05) is 26.0 Å². The first kappa shape index (κ1) is 45.8. The molecule has 320 valence electrons. The lowest BCUT2D eigenvalue weighted by atomic mass is 9.38. The van der Waals surface area contributed by atoms with E-state index in [9.17, 15) is 19.5 Å². The Labute approximate surface area is 348 Å². The number of carbonyl (C=O) groups is 3. The van der Waals surface area contributed by atoms with Crippen molar-refractivity contribution in [3.05, 3.63) is 45.7 Å². The summed E-state index contributed by atoms with van der Waals surface area (Å²) >= 11 is 6.21. The molecular formula is C48H74ClFN2O5. The average Bonchev–Trinajstić information content (AvgIpc) is 3.45. The minimum Gasteiger partial charge on any atom is -0.481 e. The SMILES string of the molecule is CC.CC(C)C1=C2C3CCC4C(C)(CCC5C(C)C(OC(=O)CC(C)(C)C(=O)O)CCC54C)C3CCC2(CCN(CCN(C)C)Cc2cccc(Cl)c2F)CC1=O. The Morgan fingerprint density at radius 3 is 2.28 bits per heavy atom. The van der Waals surface area contributed by atoms with Crippen LogP contribution in [-0.2, 0) is 25.7 Å². The summed E-state index contributed by atoms with van der Waals surface area (Å²) < 4.78 is 21.2. The summed E-state index contributed by atoms with van der Waals surface area (Å²) in [7, 11) is 4.14. The van der Waals surface area contributed by atoms with Gasteiger partial charge in [-0.05, 0) is 150 Å². The topological polar surface area (TPSA) is 87.2 Å². The summed E-state index contributed by atoms with van der Waals surface area (Å²) in [6.45, 7) is 21.9. The largest absolute Gasteiger partial charge is 0.481 e. The number of benzene rings is 1. The molecule has 0 amide bonds. The number of hydrogen-bond donors (Lipinski definition) is 1. The molecule has 0 aromatic heterocycles. The Hall–Kier alpha value is -2.29. The zero-order valence-corrected chi connectivity index (χ0v) is 37.9. The van der Waals surface area contributed by atoms with Gasteiger partial charge in [-0.3, -0.25) is 19.3 Å². The van der Waals surface area contributed by atoms with Crippen LogP contribution in [0.25, 0.3) is 0 Å². The monoisotopic (exact) mass is 813 g/mol. The molecule has 1 aromatic carbocycles. The van der Waals surface area contributed by atoms with E-state index in [1.165, 1.54) is 5.57 Å². The molecular weight excluding hydrogens is 739 g/mol. The molecule has 6 rings (SSSR count). The number of aliphatic carboxylic acids is 1. The summed E-state index contributed by atoms with van der Waals surface area (Å²) in [6.07, 6.45) is 9.71. The normalized spacial score (nSPS) is 33.6. The van der Waals surface area contributed by atoms with Crippen molar-refractivity contribution in [2.75, 3.05) is 33.7 Å². The maximum atomic E-state index is 15.2. The van der Waals surface area contributed by atoms with Crippen molar-refractivity contribution in [3.8, 4) is 0 Å². The van der Waals surface area contributed by atoms with Gasteiger partial charge in [-0.15, -0.1) is 0 Å². The maximum Gasteiger partial charge on any atom is 0.309 e. The van der Waals surface area contributed by atoms with Crippen LogP contribution in [0.2, 0.25) is 5.02 Å². The minimum absolute atomic E-state index is 0.121. The summed E-state index contributed by atoms with van der Waals surface area (Å²) in [5.41, 5.74) is 2.23. The zero-order chi connectivity index (χ0) is 42.2. The molecule has 0 bridgehead atoms. The van der Waals surface area contributed by atoms with Crippen LogP contribution in [0, 0.1) is 63.0 Å². The molecule has 4 saturated carbocycles. The van der Waals surface area contributed by atoms with Gasteiger partial charge in [-0.1, -0.05) is 77.8 Å². The molecule has 0 spiro atoms. The molecule has 0 radical (unpaired) electrons. The number of halogens is 2. The predicted octanol–water partition coefficient (Wildman–Crippen LogP) is 10.9. The van der Waals surface area contributed by atoms with E-state index in [2.05, 4.69) is 58.5 Å². The molecule has 1 aromatic rings. The van der Waals surface area contributed by atoms with Gasteiger partial charge in [-0.2, -0.15) is 0 Å². The Morgan fingerprint density at radius 2 is 1.63 bits per heavy atom. The first-order valence-electron chi connectivity index (χ1n) is 22.2. The summed E-state index contributed by atoms with van der Waals surface area (Å²) in [6, 6.07) is 5.27. The van der Waals surface area contributed by atoms with Crippen LogP contribution in [0.1, 0.15) is 139 Å². The molecule has 9 unspecified atom stereocenters. The summed E-state index contributed by atoms with van der Waals surface area (Å²) in [5, 5.41) is 9.73. The number of carbonyl (C=O) groups excluding carboxylic acids is 2. The van der Waals surface area contributed by atoms with Crippen molar-refractivity contribution in [1.29, 1.82) is 0 Å². The number of nitrogens with zero attached hydrogens (tertiary/aromatic N) is 2. The zero-order valence-electron chi connectivity index (χ0n) is 37.1. The van der Waals surface area contributed by atoms with E-state index in [-0.39, 0.29) is 51.4 Å². The van der Waals surface area contributed by atoms with Gasteiger partial charge >= 0.3 is 11.9 Å². The number of fused-ring (bicyclic) bond motifs is 7. The highest BCUT2D eigenvalue weighted by Crippen LogP contribution is 2.72. The second kappa shape index (κ2) is 17.7. The lowest BCUT2D eigenvalue weighted by Crippen LogP contribution is -2.60. The van der Waals surface area contributed by atoms with Crippen LogP contribution < -0.4 is 0 Å². The first-order valence-corrected chi connectivity index (χ1v) is 22.6. The van der Waals surface area contributed by atoms with E-state index in [0.29, 0.717) is 48.0 Å². The molecule has 4 fully saturated rings. The smallest absolute Gasteiger partial charge is 0.309 e. The van der Waals surface area contributed by atoms with Gasteiger partial charge in [-0.25, -0.2) is 4.39 Å². The first-order chi connectivity index (χ1) is 26.7. The molecule has 1 N–H and O–H groups in total.